The Kier molecular flexibility index (Phi) is 5.90. The number of benzene rings is 1. The highest BCUT2D eigenvalue weighted by Gasteiger charge is 2.39. The normalized spacial score (nSPS) is 21.5. The zero-order chi connectivity index (χ0) is 18.5. The first-order chi connectivity index (χ1) is 12.6. The SMILES string of the molecule is CCOC(=O)C1=C(C)NC(=O)N(CN2CCOCC2)C1c1ccccc1. The van der Waals surface area contributed by atoms with Gasteiger partial charge in [-0.25, -0.2) is 9.59 Å². The minimum atomic E-state index is -0.480. The topological polar surface area (TPSA) is 71.1 Å². The highest BCUT2D eigenvalue weighted by Crippen LogP contribution is 2.34. The Morgan fingerprint density at radius 3 is 2.62 bits per heavy atom. The zero-order valence-electron chi connectivity index (χ0n) is 15.2. The number of morpholine rings is 1. The summed E-state index contributed by atoms with van der Waals surface area (Å²) in [4.78, 5) is 29.3. The van der Waals surface area contributed by atoms with E-state index in [1.807, 2.05) is 30.3 Å². The number of nitrogens with one attached hydrogen (secondary N) is 1. The van der Waals surface area contributed by atoms with Crippen LogP contribution in [0.3, 0.4) is 0 Å². The fraction of sp³-hybridized carbons (Fsp3) is 0.474. The van der Waals surface area contributed by atoms with Crippen molar-refractivity contribution in [2.75, 3.05) is 39.6 Å². The first kappa shape index (κ1) is 18.4. The summed E-state index contributed by atoms with van der Waals surface area (Å²) < 4.78 is 10.7. The number of amides is 2. The van der Waals surface area contributed by atoms with Crippen molar-refractivity contribution in [2.45, 2.75) is 19.9 Å². The lowest BCUT2D eigenvalue weighted by Crippen LogP contribution is -2.54. The van der Waals surface area contributed by atoms with Crippen molar-refractivity contribution in [1.82, 2.24) is 15.1 Å². The summed E-state index contributed by atoms with van der Waals surface area (Å²) >= 11 is 0. The number of carbonyl (C=O) groups is 2. The summed E-state index contributed by atoms with van der Waals surface area (Å²) in [6.45, 7) is 7.02. The van der Waals surface area contributed by atoms with Crippen molar-refractivity contribution in [3.63, 3.8) is 0 Å². The quantitative estimate of drug-likeness (QED) is 0.813. The van der Waals surface area contributed by atoms with Crippen LogP contribution in [0.2, 0.25) is 0 Å². The Labute approximate surface area is 153 Å². The third-order valence-corrected chi connectivity index (χ3v) is 4.61. The Morgan fingerprint density at radius 2 is 1.96 bits per heavy atom. The second-order valence-corrected chi connectivity index (χ2v) is 6.34. The molecule has 0 bridgehead atoms. The number of hydrogen-bond acceptors (Lipinski definition) is 5. The predicted octanol–water partition coefficient (Wildman–Crippen LogP) is 1.88. The molecule has 3 rings (SSSR count). The molecule has 2 aliphatic heterocycles. The molecule has 26 heavy (non-hydrogen) atoms. The lowest BCUT2D eigenvalue weighted by molar-refractivity contribution is -0.139. The third kappa shape index (κ3) is 3.89. The number of carbonyl (C=O) groups excluding carboxylic acids is 2. The van der Waals surface area contributed by atoms with E-state index in [4.69, 9.17) is 9.47 Å². The van der Waals surface area contributed by atoms with Gasteiger partial charge < -0.3 is 19.7 Å². The van der Waals surface area contributed by atoms with Gasteiger partial charge >= 0.3 is 12.0 Å². The van der Waals surface area contributed by atoms with Gasteiger partial charge in [0, 0.05) is 18.8 Å². The second-order valence-electron chi connectivity index (χ2n) is 6.34. The standard InChI is InChI=1S/C19H25N3O4/c1-3-26-18(23)16-14(2)20-19(24)22(13-21-9-11-25-12-10-21)17(16)15-7-5-4-6-8-15/h4-8,17H,3,9-13H2,1-2H3,(H,20,24). The molecular formula is C19H25N3O4. The molecule has 140 valence electrons. The molecule has 2 aliphatic rings. The molecule has 1 saturated heterocycles. The van der Waals surface area contributed by atoms with Crippen LogP contribution in [0.5, 0.6) is 0 Å². The molecule has 1 unspecified atom stereocenters. The highest BCUT2D eigenvalue weighted by atomic mass is 16.5. The number of rotatable bonds is 5. The number of allylic oxidation sites excluding steroid dienone is 1. The van der Waals surface area contributed by atoms with Crippen LogP contribution in [0.25, 0.3) is 0 Å². The van der Waals surface area contributed by atoms with E-state index in [9.17, 15) is 9.59 Å². The van der Waals surface area contributed by atoms with Crippen molar-refractivity contribution in [3.05, 3.63) is 47.2 Å². The summed E-state index contributed by atoms with van der Waals surface area (Å²) in [6.07, 6.45) is 0. The first-order valence-corrected chi connectivity index (χ1v) is 8.92. The van der Waals surface area contributed by atoms with Crippen molar-refractivity contribution in [3.8, 4) is 0 Å². The van der Waals surface area contributed by atoms with Gasteiger partial charge in [0.2, 0.25) is 0 Å². The summed E-state index contributed by atoms with van der Waals surface area (Å²) in [5, 5.41) is 2.82. The van der Waals surface area contributed by atoms with Gasteiger partial charge in [-0.3, -0.25) is 4.90 Å². The van der Waals surface area contributed by atoms with Crippen molar-refractivity contribution >= 4 is 12.0 Å². The van der Waals surface area contributed by atoms with Crippen LogP contribution in [0.4, 0.5) is 4.79 Å². The van der Waals surface area contributed by atoms with E-state index in [-0.39, 0.29) is 12.6 Å². The number of ether oxygens (including phenoxy) is 2. The van der Waals surface area contributed by atoms with Gasteiger partial charge in [0.25, 0.3) is 0 Å². The molecule has 0 spiro atoms. The van der Waals surface area contributed by atoms with Gasteiger partial charge in [-0.1, -0.05) is 30.3 Å². The Hall–Kier alpha value is -2.38. The molecule has 7 heteroatoms. The van der Waals surface area contributed by atoms with Crippen LogP contribution in [-0.2, 0) is 14.3 Å². The highest BCUT2D eigenvalue weighted by molar-refractivity contribution is 5.95. The Morgan fingerprint density at radius 1 is 1.27 bits per heavy atom. The molecule has 1 atom stereocenters. The average molecular weight is 359 g/mol. The summed E-state index contributed by atoms with van der Waals surface area (Å²) in [5.74, 6) is -0.397. The molecule has 0 saturated carbocycles. The molecule has 1 fully saturated rings. The Balaban J connectivity index is 1.97. The first-order valence-electron chi connectivity index (χ1n) is 8.92. The van der Waals surface area contributed by atoms with Crippen molar-refractivity contribution in [2.24, 2.45) is 0 Å². The van der Waals surface area contributed by atoms with Gasteiger partial charge in [0.05, 0.1) is 38.1 Å². The van der Waals surface area contributed by atoms with Gasteiger partial charge in [-0.15, -0.1) is 0 Å². The van der Waals surface area contributed by atoms with Gasteiger partial charge in [0.1, 0.15) is 0 Å². The summed E-state index contributed by atoms with van der Waals surface area (Å²) in [6, 6.07) is 8.91. The smallest absolute Gasteiger partial charge is 0.338 e. The summed E-state index contributed by atoms with van der Waals surface area (Å²) in [5.41, 5.74) is 1.91. The number of hydrogen-bond donors (Lipinski definition) is 1. The zero-order valence-corrected chi connectivity index (χ0v) is 15.2. The monoisotopic (exact) mass is 359 g/mol. The molecule has 2 amide bonds. The molecule has 1 aromatic rings. The van der Waals surface area contributed by atoms with Crippen LogP contribution < -0.4 is 5.32 Å². The van der Waals surface area contributed by atoms with E-state index in [1.54, 1.807) is 18.7 Å². The second kappa shape index (κ2) is 8.33. The van der Waals surface area contributed by atoms with E-state index < -0.39 is 12.0 Å². The maximum Gasteiger partial charge on any atom is 0.338 e. The largest absolute Gasteiger partial charge is 0.463 e. The van der Waals surface area contributed by atoms with Crippen LogP contribution >= 0.6 is 0 Å². The molecule has 1 N–H and O–H groups in total. The van der Waals surface area contributed by atoms with E-state index in [0.29, 0.717) is 31.2 Å². The lowest BCUT2D eigenvalue weighted by atomic mass is 9.94. The summed E-state index contributed by atoms with van der Waals surface area (Å²) in [7, 11) is 0. The van der Waals surface area contributed by atoms with Crippen molar-refractivity contribution in [1.29, 1.82) is 0 Å². The van der Waals surface area contributed by atoms with Crippen LogP contribution in [0.1, 0.15) is 25.5 Å². The maximum atomic E-state index is 12.8. The molecule has 0 aliphatic carbocycles. The van der Waals surface area contributed by atoms with Crippen LogP contribution in [-0.4, -0.2) is 61.4 Å². The fourth-order valence-corrected chi connectivity index (χ4v) is 3.34. The van der Waals surface area contributed by atoms with Gasteiger partial charge in [-0.2, -0.15) is 0 Å². The van der Waals surface area contributed by atoms with Gasteiger partial charge in [-0.05, 0) is 19.4 Å². The van der Waals surface area contributed by atoms with Crippen LogP contribution in [0.15, 0.2) is 41.6 Å². The van der Waals surface area contributed by atoms with Crippen molar-refractivity contribution < 1.29 is 19.1 Å². The predicted molar refractivity (Wildman–Crippen MR) is 96.1 cm³/mol. The molecule has 1 aromatic carbocycles. The average Bonchev–Trinajstić information content (AvgIpc) is 2.65. The van der Waals surface area contributed by atoms with E-state index in [0.717, 1.165) is 18.7 Å². The molecule has 0 aromatic heterocycles. The number of esters is 1. The molecule has 7 nitrogen and oxygen atoms in total. The van der Waals surface area contributed by atoms with E-state index in [2.05, 4.69) is 10.2 Å². The van der Waals surface area contributed by atoms with Gasteiger partial charge in [0.15, 0.2) is 0 Å². The fourth-order valence-electron chi connectivity index (χ4n) is 3.34. The lowest BCUT2D eigenvalue weighted by Gasteiger charge is -2.41. The third-order valence-electron chi connectivity index (χ3n) is 4.61. The van der Waals surface area contributed by atoms with E-state index >= 15 is 0 Å². The van der Waals surface area contributed by atoms with E-state index in [1.165, 1.54) is 0 Å². The molecule has 0 radical (unpaired) electrons. The maximum absolute atomic E-state index is 12.8. The minimum absolute atomic E-state index is 0.212. The van der Waals surface area contributed by atoms with Crippen LogP contribution in [0, 0.1) is 0 Å². The minimum Gasteiger partial charge on any atom is -0.463 e. The molecule has 2 heterocycles. The Bertz CT molecular complexity index is 683. The number of nitrogens with zero attached hydrogens (tertiary/aromatic N) is 2. The molecular weight excluding hydrogens is 334 g/mol. The number of urea groups is 1.